The summed E-state index contributed by atoms with van der Waals surface area (Å²) in [7, 11) is 0. The lowest BCUT2D eigenvalue weighted by molar-refractivity contribution is -0.247. The first kappa shape index (κ1) is 40.8. The highest BCUT2D eigenvalue weighted by molar-refractivity contribution is 5.88. The monoisotopic (exact) mass is 684 g/mol. The van der Waals surface area contributed by atoms with E-state index in [1.807, 2.05) is 6.92 Å². The molecule has 9 atom stereocenters. The molecule has 0 aromatic heterocycles. The summed E-state index contributed by atoms with van der Waals surface area (Å²) in [6.45, 7) is 11.2. The highest BCUT2D eigenvalue weighted by Gasteiger charge is 2.71. The van der Waals surface area contributed by atoms with Gasteiger partial charge in [-0.05, 0) is 71.4 Å². The molecule has 48 heavy (non-hydrogen) atoms. The second-order valence-corrected chi connectivity index (χ2v) is 13.1. The molecular weight excluding hydrogens is 632 g/mol. The lowest BCUT2D eigenvalue weighted by Gasteiger charge is -2.45. The van der Waals surface area contributed by atoms with Crippen LogP contribution in [-0.4, -0.2) is 103 Å². The Morgan fingerprint density at radius 1 is 1.04 bits per heavy atom. The standard InChI is InChI=1S/C34H52O14/c1-9-14-23(37)45-22-17-32(7,48-20(6)35)26-25(29(39)34(22,44)33(8,43)31(41)42)19(5)27(47-30(40)18(4)10-2)28(26)46-24(38)16-13-12-15-21(36)11-3/h10,21-22,26-29,36,39,43-44H,9,11-17H2,1-8H3,(H,41,42)/b18-10-/t21-,22+,26-,27+,28+,29+,32+,33-,34-/m1/s1. The third-order valence-electron chi connectivity index (χ3n) is 9.49. The number of rotatable bonds is 15. The van der Waals surface area contributed by atoms with Gasteiger partial charge >= 0.3 is 29.8 Å². The van der Waals surface area contributed by atoms with Crippen molar-refractivity contribution in [2.75, 3.05) is 0 Å². The first-order chi connectivity index (χ1) is 22.2. The lowest BCUT2D eigenvalue weighted by Crippen LogP contribution is -2.70. The van der Waals surface area contributed by atoms with E-state index in [4.69, 9.17) is 18.9 Å². The van der Waals surface area contributed by atoms with Crippen LogP contribution in [0.4, 0.5) is 0 Å². The van der Waals surface area contributed by atoms with Crippen molar-refractivity contribution in [2.24, 2.45) is 5.92 Å². The number of aliphatic hydroxyl groups is 4. The Morgan fingerprint density at radius 2 is 1.65 bits per heavy atom. The van der Waals surface area contributed by atoms with E-state index < -0.39 is 89.5 Å². The van der Waals surface area contributed by atoms with Crippen molar-refractivity contribution in [1.82, 2.24) is 0 Å². The lowest BCUT2D eigenvalue weighted by atomic mass is 9.73. The van der Waals surface area contributed by atoms with E-state index in [0.717, 1.165) is 13.8 Å². The molecule has 0 heterocycles. The molecular formula is C34H52O14. The maximum atomic E-state index is 13.3. The van der Waals surface area contributed by atoms with Crippen LogP contribution in [0.15, 0.2) is 22.8 Å². The molecule has 2 aliphatic carbocycles. The number of unbranched alkanes of at least 4 members (excludes halogenated alkanes) is 1. The number of aliphatic hydroxyl groups excluding tert-OH is 2. The van der Waals surface area contributed by atoms with Crippen molar-refractivity contribution in [3.8, 4) is 0 Å². The molecule has 0 saturated heterocycles. The number of fused-ring (bicyclic) bond motifs is 1. The van der Waals surface area contributed by atoms with Crippen LogP contribution >= 0.6 is 0 Å². The molecule has 2 aliphatic rings. The van der Waals surface area contributed by atoms with Gasteiger partial charge in [-0.2, -0.15) is 0 Å². The SMILES string of the molecule is C/C=C(/C)C(=O)O[C@H]1C(C)=C2[C@H]([C@@H]1OC(=O)CCCC[C@H](O)CC)[C@@](C)(OC(C)=O)C[C@H](OC(=O)CCC)[C@](O)([C@](C)(O)C(=O)O)[C@H]2O. The van der Waals surface area contributed by atoms with Crippen LogP contribution in [0.5, 0.6) is 0 Å². The molecule has 14 heteroatoms. The zero-order chi connectivity index (χ0) is 36.8. The molecule has 5 N–H and O–H groups in total. The summed E-state index contributed by atoms with van der Waals surface area (Å²) in [5.74, 6) is -6.66. The van der Waals surface area contributed by atoms with Gasteiger partial charge in [0.2, 0.25) is 0 Å². The summed E-state index contributed by atoms with van der Waals surface area (Å²) in [4.78, 5) is 64.2. The van der Waals surface area contributed by atoms with Gasteiger partial charge in [0.1, 0.15) is 17.8 Å². The highest BCUT2D eigenvalue weighted by atomic mass is 16.6. The van der Waals surface area contributed by atoms with Crippen molar-refractivity contribution in [3.63, 3.8) is 0 Å². The highest BCUT2D eigenvalue weighted by Crippen LogP contribution is 2.54. The Kier molecular flexibility index (Phi) is 13.9. The first-order valence-electron chi connectivity index (χ1n) is 16.4. The third kappa shape index (κ3) is 8.44. The van der Waals surface area contributed by atoms with Crippen LogP contribution in [0.3, 0.4) is 0 Å². The average Bonchev–Trinajstić information content (AvgIpc) is 3.23. The van der Waals surface area contributed by atoms with E-state index in [9.17, 15) is 49.5 Å². The second kappa shape index (κ2) is 16.4. The fourth-order valence-electron chi connectivity index (χ4n) is 6.55. The van der Waals surface area contributed by atoms with Crippen LogP contribution in [0, 0.1) is 5.92 Å². The van der Waals surface area contributed by atoms with Crippen molar-refractivity contribution in [2.45, 2.75) is 154 Å². The summed E-state index contributed by atoms with van der Waals surface area (Å²) in [5, 5.41) is 55.5. The van der Waals surface area contributed by atoms with Crippen LogP contribution in [0.1, 0.15) is 107 Å². The van der Waals surface area contributed by atoms with Crippen molar-refractivity contribution in [1.29, 1.82) is 0 Å². The molecule has 0 aromatic carbocycles. The Labute approximate surface area is 281 Å². The number of ether oxygens (including phenoxy) is 4. The zero-order valence-corrected chi connectivity index (χ0v) is 29.1. The predicted octanol–water partition coefficient (Wildman–Crippen LogP) is 2.42. The van der Waals surface area contributed by atoms with E-state index in [0.29, 0.717) is 32.1 Å². The smallest absolute Gasteiger partial charge is 0.338 e. The third-order valence-corrected chi connectivity index (χ3v) is 9.49. The molecule has 0 unspecified atom stereocenters. The largest absolute Gasteiger partial charge is 0.479 e. The number of aliphatic carboxylic acids is 1. The molecule has 2 rings (SSSR count). The van der Waals surface area contributed by atoms with Gasteiger partial charge in [0.05, 0.1) is 12.0 Å². The van der Waals surface area contributed by atoms with Gasteiger partial charge in [-0.1, -0.05) is 26.3 Å². The number of hydrogen-bond acceptors (Lipinski definition) is 13. The van der Waals surface area contributed by atoms with Crippen molar-refractivity contribution in [3.05, 3.63) is 22.8 Å². The number of carbonyl (C=O) groups is 5. The topological polar surface area (TPSA) is 223 Å². The van der Waals surface area contributed by atoms with Gasteiger partial charge in [0, 0.05) is 31.8 Å². The van der Waals surface area contributed by atoms with E-state index in [-0.39, 0.29) is 29.6 Å². The number of allylic oxidation sites excluding steroid dienone is 1. The minimum absolute atomic E-state index is 0.0344. The van der Waals surface area contributed by atoms with E-state index in [2.05, 4.69) is 0 Å². The molecule has 1 fully saturated rings. The zero-order valence-electron chi connectivity index (χ0n) is 29.1. The van der Waals surface area contributed by atoms with Gasteiger partial charge < -0.3 is 44.5 Å². The van der Waals surface area contributed by atoms with E-state index >= 15 is 0 Å². The summed E-state index contributed by atoms with van der Waals surface area (Å²) in [5.41, 5.74) is -8.25. The normalized spacial score (nSPS) is 30.8. The van der Waals surface area contributed by atoms with Gasteiger partial charge in [-0.15, -0.1) is 0 Å². The number of esters is 4. The quantitative estimate of drug-likeness (QED) is 0.0550. The Hall–Kier alpha value is -3.33. The van der Waals surface area contributed by atoms with Gasteiger partial charge in [0.25, 0.3) is 0 Å². The van der Waals surface area contributed by atoms with E-state index in [1.54, 1.807) is 13.8 Å². The van der Waals surface area contributed by atoms with Gasteiger partial charge in [0.15, 0.2) is 23.4 Å². The average molecular weight is 685 g/mol. The van der Waals surface area contributed by atoms with Crippen molar-refractivity contribution >= 4 is 29.8 Å². The molecule has 0 spiro atoms. The summed E-state index contributed by atoms with van der Waals surface area (Å²) in [6, 6.07) is 0. The van der Waals surface area contributed by atoms with Crippen LogP contribution < -0.4 is 0 Å². The van der Waals surface area contributed by atoms with Gasteiger partial charge in [-0.3, -0.25) is 14.4 Å². The van der Waals surface area contributed by atoms with Crippen LogP contribution in [0.2, 0.25) is 0 Å². The van der Waals surface area contributed by atoms with Crippen LogP contribution in [0.25, 0.3) is 0 Å². The molecule has 0 amide bonds. The summed E-state index contributed by atoms with van der Waals surface area (Å²) >= 11 is 0. The summed E-state index contributed by atoms with van der Waals surface area (Å²) in [6.07, 6.45) is -5.02. The van der Waals surface area contributed by atoms with Crippen LogP contribution in [-0.2, 0) is 42.9 Å². The molecule has 0 radical (unpaired) electrons. The number of carboxylic acids is 1. The maximum absolute atomic E-state index is 13.3. The molecule has 272 valence electrons. The first-order valence-corrected chi connectivity index (χ1v) is 16.4. The molecule has 0 aliphatic heterocycles. The molecule has 1 saturated carbocycles. The number of carbonyl (C=O) groups excluding carboxylic acids is 4. The van der Waals surface area contributed by atoms with Crippen molar-refractivity contribution < 1.29 is 68.5 Å². The Morgan fingerprint density at radius 3 is 2.17 bits per heavy atom. The maximum Gasteiger partial charge on any atom is 0.338 e. The predicted molar refractivity (Wildman–Crippen MR) is 169 cm³/mol. The number of hydrogen-bond donors (Lipinski definition) is 5. The minimum Gasteiger partial charge on any atom is -0.479 e. The second-order valence-electron chi connectivity index (χ2n) is 13.1. The summed E-state index contributed by atoms with van der Waals surface area (Å²) < 4.78 is 23.1. The van der Waals surface area contributed by atoms with Gasteiger partial charge in [-0.25, -0.2) is 9.59 Å². The number of carboxylic acid groups (broad SMARTS) is 1. The molecule has 0 bridgehead atoms. The minimum atomic E-state index is -3.17. The molecule has 14 nitrogen and oxygen atoms in total. The fraction of sp³-hybridized carbons (Fsp3) is 0.735. The van der Waals surface area contributed by atoms with E-state index in [1.165, 1.54) is 26.8 Å². The molecule has 0 aromatic rings. The Balaban J connectivity index is 2.84. The fourth-order valence-corrected chi connectivity index (χ4v) is 6.55. The Bertz CT molecular complexity index is 1280.